The summed E-state index contributed by atoms with van der Waals surface area (Å²) in [6.45, 7) is 4.11. The maximum absolute atomic E-state index is 14.2. The van der Waals surface area contributed by atoms with E-state index in [1.807, 2.05) is 4.90 Å². The first-order valence-corrected chi connectivity index (χ1v) is 9.54. The molecule has 3 rings (SSSR count). The smallest absolute Gasteiger partial charge is 0.238 e. The quantitative estimate of drug-likeness (QED) is 0.390. The Hall–Kier alpha value is -1.29. The van der Waals surface area contributed by atoms with Crippen LogP contribution < -0.4 is 10.9 Å². The summed E-state index contributed by atoms with van der Waals surface area (Å²) in [4.78, 5) is 22.5. The Kier molecular flexibility index (Phi) is 6.44. The van der Waals surface area contributed by atoms with Crippen molar-refractivity contribution in [3.8, 4) is 0 Å². The second-order valence-electron chi connectivity index (χ2n) is 6.15. The molecule has 10 heteroatoms. The third kappa shape index (κ3) is 4.51. The molecule has 0 saturated carbocycles. The van der Waals surface area contributed by atoms with E-state index in [1.54, 1.807) is 13.0 Å². The molecule has 3 aliphatic rings. The van der Waals surface area contributed by atoms with Crippen LogP contribution in [0.1, 0.15) is 13.3 Å². The van der Waals surface area contributed by atoms with Gasteiger partial charge in [0.25, 0.3) is 0 Å². The van der Waals surface area contributed by atoms with Crippen LogP contribution >= 0.6 is 27.5 Å². The molecule has 0 spiro atoms. The number of halogens is 3. The van der Waals surface area contributed by atoms with Gasteiger partial charge in [-0.2, -0.15) is 0 Å². The summed E-state index contributed by atoms with van der Waals surface area (Å²) < 4.78 is 20.3. The van der Waals surface area contributed by atoms with Gasteiger partial charge in [0.1, 0.15) is 11.5 Å². The van der Waals surface area contributed by atoms with Crippen LogP contribution in [0.4, 0.5) is 4.39 Å². The Labute approximate surface area is 164 Å². The number of ketones is 1. The number of carbonyl (C=O) groups is 1. The van der Waals surface area contributed by atoms with Crippen LogP contribution in [0.15, 0.2) is 31.8 Å². The van der Waals surface area contributed by atoms with Gasteiger partial charge in [0.05, 0.1) is 13.2 Å². The zero-order valence-corrected chi connectivity index (χ0v) is 16.6. The predicted molar refractivity (Wildman–Crippen MR) is 102 cm³/mol. The highest BCUT2D eigenvalue weighted by Gasteiger charge is 2.30. The highest BCUT2D eigenvalue weighted by molar-refractivity contribution is 9.11. The number of ether oxygens (including phenoxy) is 1. The summed E-state index contributed by atoms with van der Waals surface area (Å²) in [6, 6.07) is 0. The molecule has 2 N–H and O–H groups in total. The van der Waals surface area contributed by atoms with E-state index in [0.29, 0.717) is 44.0 Å². The van der Waals surface area contributed by atoms with Crippen molar-refractivity contribution < 1.29 is 13.9 Å². The number of hydrogen-bond donors (Lipinski definition) is 2. The van der Waals surface area contributed by atoms with Gasteiger partial charge in [-0.15, -0.1) is 11.6 Å². The standard InChI is InChI=1S/C16H20BrClFN5O2/c1-9(11-6-10(17)7-12(18)14(11)25)22-23-16-20-8-13(19)15(21-16)24-2-4-26-5-3-24/h6,8,12-13,15,22H,2-5,7H2,1H3,(H,21,23). The molecule has 0 radical (unpaired) electrons. The lowest BCUT2D eigenvalue weighted by atomic mass is 9.98. The van der Waals surface area contributed by atoms with Gasteiger partial charge >= 0.3 is 0 Å². The number of guanidine groups is 1. The van der Waals surface area contributed by atoms with Gasteiger partial charge in [0.15, 0.2) is 12.0 Å². The number of hydrazine groups is 1. The summed E-state index contributed by atoms with van der Waals surface area (Å²) in [5.41, 5.74) is 6.80. The Morgan fingerprint density at radius 1 is 1.46 bits per heavy atom. The van der Waals surface area contributed by atoms with E-state index in [9.17, 15) is 9.18 Å². The highest BCUT2D eigenvalue weighted by atomic mass is 79.9. The lowest BCUT2D eigenvalue weighted by Gasteiger charge is -2.34. The number of Topliss-reactive ketones (excluding diaryl/α,β-unsaturated/α-hetero) is 1. The van der Waals surface area contributed by atoms with Crippen LogP contribution in [0.25, 0.3) is 0 Å². The molecule has 0 aromatic rings. The summed E-state index contributed by atoms with van der Waals surface area (Å²) in [6.07, 6.45) is 1.54. The normalized spacial score (nSPS) is 32.0. The van der Waals surface area contributed by atoms with Crippen molar-refractivity contribution in [2.45, 2.75) is 31.1 Å². The minimum atomic E-state index is -1.27. The maximum Gasteiger partial charge on any atom is 0.238 e. The molecule has 1 fully saturated rings. The molecule has 0 aromatic heterocycles. The van der Waals surface area contributed by atoms with Crippen molar-refractivity contribution in [2.75, 3.05) is 26.3 Å². The van der Waals surface area contributed by atoms with E-state index in [2.05, 4.69) is 36.8 Å². The Morgan fingerprint density at radius 3 is 2.92 bits per heavy atom. The van der Waals surface area contributed by atoms with Gasteiger partial charge in [-0.3, -0.25) is 15.1 Å². The first-order chi connectivity index (χ1) is 12.5. The zero-order valence-electron chi connectivity index (χ0n) is 14.2. The molecule has 26 heavy (non-hydrogen) atoms. The van der Waals surface area contributed by atoms with Gasteiger partial charge in [-0.05, 0) is 17.5 Å². The summed E-state index contributed by atoms with van der Waals surface area (Å²) >= 11 is 9.45. The second kappa shape index (κ2) is 8.60. The van der Waals surface area contributed by atoms with Gasteiger partial charge in [0, 0.05) is 37.0 Å². The first-order valence-electron chi connectivity index (χ1n) is 8.31. The van der Waals surface area contributed by atoms with Crippen LogP contribution in [0.2, 0.25) is 0 Å². The fourth-order valence-electron chi connectivity index (χ4n) is 2.87. The third-order valence-corrected chi connectivity index (χ3v) is 5.19. The van der Waals surface area contributed by atoms with Gasteiger partial charge in [0.2, 0.25) is 5.96 Å². The molecule has 0 amide bonds. The first kappa shape index (κ1) is 19.5. The van der Waals surface area contributed by atoms with Crippen molar-refractivity contribution in [3.05, 3.63) is 21.8 Å². The number of alkyl halides is 2. The van der Waals surface area contributed by atoms with E-state index in [1.165, 1.54) is 6.21 Å². The van der Waals surface area contributed by atoms with E-state index < -0.39 is 17.7 Å². The summed E-state index contributed by atoms with van der Waals surface area (Å²) in [7, 11) is 0. The van der Waals surface area contributed by atoms with Crippen molar-refractivity contribution in [3.63, 3.8) is 0 Å². The van der Waals surface area contributed by atoms with Crippen LogP contribution in [0.3, 0.4) is 0 Å². The van der Waals surface area contributed by atoms with Crippen LogP contribution in [-0.2, 0) is 9.53 Å². The number of nitrogens with zero attached hydrogens (tertiary/aromatic N) is 3. The number of nitrogens with one attached hydrogen (secondary N) is 2. The number of aliphatic imine (C=N–C) groups is 2. The van der Waals surface area contributed by atoms with Gasteiger partial charge < -0.3 is 10.2 Å². The van der Waals surface area contributed by atoms with E-state index in [4.69, 9.17) is 16.3 Å². The molecular weight excluding hydrogens is 429 g/mol. The SMILES string of the molecule is CC(NNC1=NC(N2CCOCC2)C(F)C=N1)=C1C=C(Br)CC(Cl)C1=O. The number of rotatable bonds is 3. The summed E-state index contributed by atoms with van der Waals surface area (Å²) in [5, 5.41) is -0.593. The largest absolute Gasteiger partial charge is 0.379 e. The number of carbonyl (C=O) groups excluding carboxylic acids is 1. The molecule has 0 aromatic carbocycles. The van der Waals surface area contributed by atoms with Crippen molar-refractivity contribution in [1.82, 2.24) is 15.8 Å². The lowest BCUT2D eigenvalue weighted by molar-refractivity contribution is -0.115. The Balaban J connectivity index is 1.68. The monoisotopic (exact) mass is 447 g/mol. The van der Waals surface area contributed by atoms with Gasteiger partial charge in [-0.25, -0.2) is 14.4 Å². The van der Waals surface area contributed by atoms with E-state index in [-0.39, 0.29) is 11.7 Å². The number of allylic oxidation sites excluding steroid dienone is 4. The zero-order chi connectivity index (χ0) is 18.7. The topological polar surface area (TPSA) is 78.3 Å². The molecule has 2 aliphatic heterocycles. The van der Waals surface area contributed by atoms with Crippen LogP contribution in [-0.4, -0.2) is 66.9 Å². The molecule has 2 heterocycles. The summed E-state index contributed by atoms with van der Waals surface area (Å²) in [5.74, 6) is 0.106. The Bertz CT molecular complexity index is 690. The van der Waals surface area contributed by atoms with Crippen LogP contribution in [0.5, 0.6) is 0 Å². The van der Waals surface area contributed by atoms with Crippen molar-refractivity contribution >= 4 is 45.5 Å². The number of hydrogen-bond acceptors (Lipinski definition) is 7. The van der Waals surface area contributed by atoms with Crippen LogP contribution in [0, 0.1) is 0 Å². The Morgan fingerprint density at radius 2 is 2.19 bits per heavy atom. The van der Waals surface area contributed by atoms with Crippen molar-refractivity contribution in [1.29, 1.82) is 0 Å². The molecule has 7 nitrogen and oxygen atoms in total. The molecule has 3 atom stereocenters. The molecular formula is C16H20BrClFN5O2. The van der Waals surface area contributed by atoms with E-state index in [0.717, 1.165) is 4.48 Å². The fourth-order valence-corrected chi connectivity index (χ4v) is 3.89. The molecule has 0 bridgehead atoms. The minimum Gasteiger partial charge on any atom is -0.379 e. The van der Waals surface area contributed by atoms with Gasteiger partial charge in [-0.1, -0.05) is 15.9 Å². The second-order valence-corrected chi connectivity index (χ2v) is 7.70. The molecule has 142 valence electrons. The molecule has 1 aliphatic carbocycles. The maximum atomic E-state index is 14.2. The average molecular weight is 449 g/mol. The lowest BCUT2D eigenvalue weighted by Crippen LogP contribution is -2.50. The average Bonchev–Trinajstić information content (AvgIpc) is 2.64. The molecule has 3 unspecified atom stereocenters. The van der Waals surface area contributed by atoms with E-state index >= 15 is 0 Å². The predicted octanol–water partition coefficient (Wildman–Crippen LogP) is 1.65. The van der Waals surface area contributed by atoms with Crippen molar-refractivity contribution in [2.24, 2.45) is 9.98 Å². The minimum absolute atomic E-state index is 0.147. The molecule has 1 saturated heterocycles. The fraction of sp³-hybridized carbons (Fsp3) is 0.562. The third-order valence-electron chi connectivity index (χ3n) is 4.29. The number of morpholine rings is 1. The highest BCUT2D eigenvalue weighted by Crippen LogP contribution is 2.28.